The van der Waals surface area contributed by atoms with Crippen molar-refractivity contribution in [2.45, 2.75) is 77.5 Å². The van der Waals surface area contributed by atoms with Crippen LogP contribution in [0.3, 0.4) is 0 Å². The average Bonchev–Trinajstić information content (AvgIpc) is 2.44. The third-order valence-corrected chi connectivity index (χ3v) is 5.52. The summed E-state index contributed by atoms with van der Waals surface area (Å²) in [5, 5.41) is 0.346. The molecule has 0 aromatic heterocycles. The van der Waals surface area contributed by atoms with E-state index < -0.39 is 0 Å². The van der Waals surface area contributed by atoms with Crippen molar-refractivity contribution < 1.29 is 14.3 Å². The van der Waals surface area contributed by atoms with Gasteiger partial charge in [-0.25, -0.2) is 0 Å². The zero-order valence-corrected chi connectivity index (χ0v) is 17.2. The summed E-state index contributed by atoms with van der Waals surface area (Å²) < 4.78 is 11.4. The van der Waals surface area contributed by atoms with Crippen LogP contribution in [0.1, 0.15) is 72.1 Å². The van der Waals surface area contributed by atoms with Crippen LogP contribution in [0.15, 0.2) is 0 Å². The normalized spacial score (nSPS) is 12.0. The molecule has 21 heavy (non-hydrogen) atoms. The van der Waals surface area contributed by atoms with Gasteiger partial charge in [0.2, 0.25) is 0 Å². The molecule has 0 saturated carbocycles. The Morgan fingerprint density at radius 1 is 1.00 bits per heavy atom. The fourth-order valence-electron chi connectivity index (χ4n) is 2.32. The molecule has 0 spiro atoms. The standard InChI is InChI=1S/C16H34O3SSi/c1-4-7-8-9-10-12-15(17)20-14-11-13-16(21,18-5-2)19-6-3/h4-14H2,1-3,21H3. The van der Waals surface area contributed by atoms with Crippen molar-refractivity contribution in [3.8, 4) is 0 Å². The molecule has 0 bridgehead atoms. The first kappa shape index (κ1) is 21.2. The Balaban J connectivity index is 3.65. The first-order valence-electron chi connectivity index (χ1n) is 8.51. The second-order valence-corrected chi connectivity index (χ2v) is 8.16. The molecule has 0 heterocycles. The van der Waals surface area contributed by atoms with Gasteiger partial charge < -0.3 is 9.47 Å². The molecule has 0 atom stereocenters. The number of hydrogen-bond donors (Lipinski definition) is 0. The Morgan fingerprint density at radius 3 is 2.19 bits per heavy atom. The SMILES string of the molecule is CCCCCCCC(=O)SCCCC([SiH3])(OCC)OCC. The topological polar surface area (TPSA) is 35.5 Å². The lowest BCUT2D eigenvalue weighted by molar-refractivity contribution is -0.176. The molecule has 3 nitrogen and oxygen atoms in total. The summed E-state index contributed by atoms with van der Waals surface area (Å²) in [7, 11) is 0.865. The van der Waals surface area contributed by atoms with E-state index in [9.17, 15) is 4.79 Å². The van der Waals surface area contributed by atoms with Crippen molar-refractivity contribution in [3.63, 3.8) is 0 Å². The first-order chi connectivity index (χ1) is 10.1. The van der Waals surface area contributed by atoms with Crippen LogP contribution in [-0.4, -0.2) is 39.7 Å². The van der Waals surface area contributed by atoms with E-state index in [0.29, 0.717) is 18.3 Å². The lowest BCUT2D eigenvalue weighted by atomic mass is 10.1. The van der Waals surface area contributed by atoms with Crippen LogP contribution in [0.5, 0.6) is 0 Å². The number of rotatable bonds is 14. The predicted molar refractivity (Wildman–Crippen MR) is 96.0 cm³/mol. The van der Waals surface area contributed by atoms with Crippen molar-refractivity contribution in [3.05, 3.63) is 0 Å². The van der Waals surface area contributed by atoms with Crippen molar-refractivity contribution in [2.24, 2.45) is 0 Å². The van der Waals surface area contributed by atoms with E-state index in [1.807, 2.05) is 13.8 Å². The zero-order valence-electron chi connectivity index (χ0n) is 14.4. The number of ether oxygens (including phenoxy) is 2. The van der Waals surface area contributed by atoms with Gasteiger partial charge in [0.15, 0.2) is 5.12 Å². The zero-order chi connectivity index (χ0) is 16.0. The largest absolute Gasteiger partial charge is 0.355 e. The maximum atomic E-state index is 11.8. The number of carbonyl (C=O) groups excluding carboxylic acids is 1. The molecule has 0 radical (unpaired) electrons. The Labute approximate surface area is 138 Å². The van der Waals surface area contributed by atoms with Crippen LogP contribution >= 0.6 is 11.8 Å². The van der Waals surface area contributed by atoms with Gasteiger partial charge in [0.1, 0.15) is 5.41 Å². The Kier molecular flexibility index (Phi) is 13.9. The van der Waals surface area contributed by atoms with Crippen molar-refractivity contribution >= 4 is 27.1 Å². The highest BCUT2D eigenvalue weighted by atomic mass is 32.2. The van der Waals surface area contributed by atoms with Crippen LogP contribution in [0, 0.1) is 0 Å². The Morgan fingerprint density at radius 2 is 1.62 bits per heavy atom. The highest BCUT2D eigenvalue weighted by Gasteiger charge is 2.23. The molecular formula is C16H34O3SSi. The van der Waals surface area contributed by atoms with Crippen LogP contribution in [-0.2, 0) is 14.3 Å². The van der Waals surface area contributed by atoms with Crippen LogP contribution in [0.2, 0.25) is 0 Å². The van der Waals surface area contributed by atoms with E-state index in [4.69, 9.17) is 9.47 Å². The lowest BCUT2D eigenvalue weighted by Crippen LogP contribution is -2.36. The maximum Gasteiger partial charge on any atom is 0.188 e. The molecule has 0 saturated heterocycles. The first-order valence-corrected chi connectivity index (χ1v) is 10.5. The molecule has 0 fully saturated rings. The van der Waals surface area contributed by atoms with Crippen molar-refractivity contribution in [1.82, 2.24) is 0 Å². The second-order valence-electron chi connectivity index (χ2n) is 5.49. The van der Waals surface area contributed by atoms with Crippen LogP contribution in [0.4, 0.5) is 0 Å². The molecule has 0 aromatic rings. The molecule has 0 aliphatic carbocycles. The monoisotopic (exact) mass is 334 g/mol. The summed E-state index contributed by atoms with van der Waals surface area (Å²) in [6.07, 6.45) is 8.67. The number of unbranched alkanes of at least 4 members (excludes halogenated alkanes) is 4. The molecule has 0 aliphatic rings. The average molecular weight is 335 g/mol. The highest BCUT2D eigenvalue weighted by molar-refractivity contribution is 8.13. The maximum absolute atomic E-state index is 11.8. The van der Waals surface area contributed by atoms with Gasteiger partial charge in [0.05, 0.1) is 10.2 Å². The smallest absolute Gasteiger partial charge is 0.188 e. The lowest BCUT2D eigenvalue weighted by Gasteiger charge is -2.29. The second kappa shape index (κ2) is 13.8. The minimum Gasteiger partial charge on any atom is -0.355 e. The summed E-state index contributed by atoms with van der Waals surface area (Å²) in [6.45, 7) is 7.59. The van der Waals surface area contributed by atoms with Crippen molar-refractivity contribution in [1.29, 1.82) is 0 Å². The molecule has 0 aliphatic heterocycles. The summed E-state index contributed by atoms with van der Waals surface area (Å²) in [5.74, 6) is 0.887. The quantitative estimate of drug-likeness (QED) is 0.277. The third-order valence-electron chi connectivity index (χ3n) is 3.42. The summed E-state index contributed by atoms with van der Waals surface area (Å²) in [6, 6.07) is 0. The van der Waals surface area contributed by atoms with E-state index in [0.717, 1.165) is 41.7 Å². The molecule has 0 aromatic carbocycles. The fraction of sp³-hybridized carbons (Fsp3) is 0.938. The summed E-state index contributed by atoms with van der Waals surface area (Å²) in [5.41, 5.74) is -0.354. The van der Waals surface area contributed by atoms with Gasteiger partial charge in [-0.2, -0.15) is 0 Å². The van der Waals surface area contributed by atoms with Gasteiger partial charge in [0.25, 0.3) is 0 Å². The molecule has 0 amide bonds. The molecule has 0 rings (SSSR count). The molecular weight excluding hydrogens is 300 g/mol. The van der Waals surface area contributed by atoms with E-state index in [1.54, 1.807) is 0 Å². The number of carbonyl (C=O) groups is 1. The minimum atomic E-state index is -0.354. The molecule has 0 N–H and O–H groups in total. The van der Waals surface area contributed by atoms with Gasteiger partial charge >= 0.3 is 0 Å². The third kappa shape index (κ3) is 12.4. The Hall–Kier alpha value is 0.157. The fourth-order valence-corrected chi connectivity index (χ4v) is 4.06. The summed E-state index contributed by atoms with van der Waals surface area (Å²) in [4.78, 5) is 11.8. The number of thioether (sulfide) groups is 1. The highest BCUT2D eigenvalue weighted by Crippen LogP contribution is 2.19. The molecule has 5 heteroatoms. The van der Waals surface area contributed by atoms with E-state index in [-0.39, 0.29) is 5.41 Å². The van der Waals surface area contributed by atoms with Crippen molar-refractivity contribution in [2.75, 3.05) is 19.0 Å². The predicted octanol–water partition coefficient (Wildman–Crippen LogP) is 3.48. The Bertz CT molecular complexity index is 256. The minimum absolute atomic E-state index is 0.346. The van der Waals surface area contributed by atoms with Gasteiger partial charge in [-0.15, -0.1) is 0 Å². The van der Waals surface area contributed by atoms with Gasteiger partial charge in [0, 0.05) is 25.4 Å². The van der Waals surface area contributed by atoms with Gasteiger partial charge in [-0.3, -0.25) is 4.79 Å². The van der Waals surface area contributed by atoms with Crippen LogP contribution < -0.4 is 0 Å². The van der Waals surface area contributed by atoms with E-state index in [1.165, 1.54) is 37.4 Å². The number of hydrogen-bond acceptors (Lipinski definition) is 4. The van der Waals surface area contributed by atoms with Gasteiger partial charge in [-0.05, 0) is 33.1 Å². The van der Waals surface area contributed by atoms with Crippen LogP contribution in [0.25, 0.3) is 0 Å². The van der Waals surface area contributed by atoms with E-state index >= 15 is 0 Å². The van der Waals surface area contributed by atoms with E-state index in [2.05, 4.69) is 6.92 Å². The summed E-state index contributed by atoms with van der Waals surface area (Å²) >= 11 is 1.48. The molecule has 0 unspecified atom stereocenters. The molecule has 126 valence electrons. The van der Waals surface area contributed by atoms with Gasteiger partial charge in [-0.1, -0.05) is 44.4 Å².